The summed E-state index contributed by atoms with van der Waals surface area (Å²) < 4.78 is 45.1. The molecule has 0 radical (unpaired) electrons. The second-order valence-electron chi connectivity index (χ2n) is 9.30. The fourth-order valence-electron chi connectivity index (χ4n) is 4.30. The number of benzene rings is 1. The number of carbonyl (C=O) groups is 2. The minimum absolute atomic E-state index is 0.206. The molecule has 1 aliphatic heterocycles. The SMILES string of the molecule is CCN(Cc1ccc(C(F)(F)F)c(C(N)=O)c1)C1(CC)CCN(C(=O)OC(C)(C)C)CC1. The highest BCUT2D eigenvalue weighted by Gasteiger charge is 2.40. The van der Waals surface area contributed by atoms with Crippen molar-refractivity contribution < 1.29 is 27.5 Å². The van der Waals surface area contributed by atoms with Crippen LogP contribution in [-0.2, 0) is 17.5 Å². The number of ether oxygens (including phenoxy) is 1. The number of rotatable bonds is 6. The summed E-state index contributed by atoms with van der Waals surface area (Å²) in [4.78, 5) is 28.0. The Balaban J connectivity index is 2.20. The number of likely N-dealkylation sites (tertiary alicyclic amines) is 1. The molecule has 2 rings (SSSR count). The van der Waals surface area contributed by atoms with Gasteiger partial charge in [-0.15, -0.1) is 0 Å². The number of alkyl halides is 3. The first-order chi connectivity index (χ1) is 14.7. The molecular formula is C23H34F3N3O3. The van der Waals surface area contributed by atoms with Gasteiger partial charge in [-0.3, -0.25) is 9.69 Å². The lowest BCUT2D eigenvalue weighted by atomic mass is 9.82. The molecule has 2 amide bonds. The van der Waals surface area contributed by atoms with Gasteiger partial charge in [0.05, 0.1) is 11.1 Å². The van der Waals surface area contributed by atoms with Gasteiger partial charge in [0.15, 0.2) is 0 Å². The van der Waals surface area contributed by atoms with Crippen LogP contribution in [0.2, 0.25) is 0 Å². The summed E-state index contributed by atoms with van der Waals surface area (Å²) in [7, 11) is 0. The number of hydrogen-bond donors (Lipinski definition) is 1. The molecule has 1 saturated heterocycles. The summed E-state index contributed by atoms with van der Waals surface area (Å²) in [6, 6.07) is 3.57. The lowest BCUT2D eigenvalue weighted by Crippen LogP contribution is -2.56. The topological polar surface area (TPSA) is 75.9 Å². The van der Waals surface area contributed by atoms with Crippen molar-refractivity contribution in [3.05, 3.63) is 34.9 Å². The summed E-state index contributed by atoms with van der Waals surface area (Å²) in [5.74, 6) is -1.10. The van der Waals surface area contributed by atoms with E-state index in [-0.39, 0.29) is 11.6 Å². The average Bonchev–Trinajstić information content (AvgIpc) is 2.69. The Bertz CT molecular complexity index is 826. The Morgan fingerprint density at radius 3 is 2.19 bits per heavy atom. The molecule has 1 heterocycles. The Kier molecular flexibility index (Phi) is 7.86. The van der Waals surface area contributed by atoms with Gasteiger partial charge < -0.3 is 15.4 Å². The first-order valence-electron chi connectivity index (χ1n) is 11.0. The highest BCUT2D eigenvalue weighted by Crippen LogP contribution is 2.36. The van der Waals surface area contributed by atoms with Crippen molar-refractivity contribution in [1.29, 1.82) is 0 Å². The van der Waals surface area contributed by atoms with Gasteiger partial charge in [0.25, 0.3) is 0 Å². The van der Waals surface area contributed by atoms with Crippen LogP contribution < -0.4 is 5.73 Å². The smallest absolute Gasteiger partial charge is 0.417 e. The Morgan fingerprint density at radius 1 is 1.16 bits per heavy atom. The molecular weight excluding hydrogens is 423 g/mol. The van der Waals surface area contributed by atoms with E-state index in [0.29, 0.717) is 31.7 Å². The highest BCUT2D eigenvalue weighted by atomic mass is 19.4. The van der Waals surface area contributed by atoms with Gasteiger partial charge in [0.2, 0.25) is 5.91 Å². The van der Waals surface area contributed by atoms with E-state index in [1.165, 1.54) is 12.1 Å². The van der Waals surface area contributed by atoms with Crippen LogP contribution in [0, 0.1) is 0 Å². The van der Waals surface area contributed by atoms with Crippen LogP contribution in [0.25, 0.3) is 0 Å². The summed E-state index contributed by atoms with van der Waals surface area (Å²) >= 11 is 0. The number of hydrogen-bond acceptors (Lipinski definition) is 4. The van der Waals surface area contributed by atoms with Gasteiger partial charge in [-0.25, -0.2) is 4.79 Å². The van der Waals surface area contributed by atoms with Crippen LogP contribution in [0.4, 0.5) is 18.0 Å². The van der Waals surface area contributed by atoms with E-state index in [0.717, 1.165) is 25.3 Å². The van der Waals surface area contributed by atoms with Crippen molar-refractivity contribution in [1.82, 2.24) is 9.80 Å². The van der Waals surface area contributed by atoms with Gasteiger partial charge in [-0.2, -0.15) is 13.2 Å². The zero-order chi connectivity index (χ0) is 24.3. The van der Waals surface area contributed by atoms with Gasteiger partial charge in [0, 0.05) is 25.2 Å². The predicted molar refractivity (Wildman–Crippen MR) is 116 cm³/mol. The molecule has 0 atom stereocenters. The molecule has 0 spiro atoms. The standard InChI is InChI=1S/C23H34F3N3O3/c1-6-22(10-12-28(13-11-22)20(31)32-21(3,4)5)29(7-2)15-16-8-9-18(23(24,25)26)17(14-16)19(27)30/h8-9,14H,6-7,10-13,15H2,1-5H3,(H2,27,30). The molecule has 0 aromatic heterocycles. The second-order valence-corrected chi connectivity index (χ2v) is 9.30. The molecule has 1 aliphatic rings. The summed E-state index contributed by atoms with van der Waals surface area (Å²) in [6.45, 7) is 11.7. The summed E-state index contributed by atoms with van der Waals surface area (Å²) in [5, 5.41) is 0. The number of nitrogens with two attached hydrogens (primary N) is 1. The van der Waals surface area contributed by atoms with Crippen LogP contribution in [0.1, 0.15) is 75.4 Å². The van der Waals surface area contributed by atoms with Gasteiger partial charge >= 0.3 is 12.3 Å². The van der Waals surface area contributed by atoms with Crippen LogP contribution in [0.15, 0.2) is 18.2 Å². The first kappa shape index (κ1) is 26.0. The molecule has 0 aliphatic carbocycles. The highest BCUT2D eigenvalue weighted by molar-refractivity contribution is 5.94. The number of amides is 2. The fourth-order valence-corrected chi connectivity index (χ4v) is 4.30. The maximum atomic E-state index is 13.2. The van der Waals surface area contributed by atoms with Crippen LogP contribution in [-0.4, -0.2) is 52.6 Å². The van der Waals surface area contributed by atoms with Crippen molar-refractivity contribution in [3.63, 3.8) is 0 Å². The lowest BCUT2D eigenvalue weighted by Gasteiger charge is -2.48. The van der Waals surface area contributed by atoms with Crippen LogP contribution in [0.5, 0.6) is 0 Å². The zero-order valence-corrected chi connectivity index (χ0v) is 19.5. The molecule has 2 N–H and O–H groups in total. The minimum atomic E-state index is -4.65. The van der Waals surface area contributed by atoms with Crippen molar-refractivity contribution >= 4 is 12.0 Å². The molecule has 1 aromatic carbocycles. The van der Waals surface area contributed by atoms with E-state index in [1.54, 1.807) is 4.90 Å². The Morgan fingerprint density at radius 2 is 1.75 bits per heavy atom. The van der Waals surface area contributed by atoms with Gasteiger partial charge in [-0.1, -0.05) is 19.9 Å². The van der Waals surface area contributed by atoms with E-state index in [4.69, 9.17) is 10.5 Å². The molecule has 0 bridgehead atoms. The molecule has 180 valence electrons. The minimum Gasteiger partial charge on any atom is -0.444 e. The average molecular weight is 458 g/mol. The third-order valence-electron chi connectivity index (χ3n) is 6.08. The zero-order valence-electron chi connectivity index (χ0n) is 19.5. The second kappa shape index (κ2) is 9.68. The number of carbonyl (C=O) groups excluding carboxylic acids is 2. The van der Waals surface area contributed by atoms with Crippen molar-refractivity contribution in [2.45, 2.75) is 77.7 Å². The number of primary amides is 1. The number of piperidine rings is 1. The van der Waals surface area contributed by atoms with E-state index in [9.17, 15) is 22.8 Å². The van der Waals surface area contributed by atoms with Crippen molar-refractivity contribution in [3.8, 4) is 0 Å². The summed E-state index contributed by atoms with van der Waals surface area (Å²) in [6.07, 6.45) is -2.71. The Labute approximate surface area is 187 Å². The maximum absolute atomic E-state index is 13.2. The molecule has 6 nitrogen and oxygen atoms in total. The van der Waals surface area contributed by atoms with Crippen molar-refractivity contribution in [2.24, 2.45) is 5.73 Å². The lowest BCUT2D eigenvalue weighted by molar-refractivity contribution is -0.137. The molecule has 0 saturated carbocycles. The van der Waals surface area contributed by atoms with Gasteiger partial charge in [-0.05, 0) is 64.3 Å². The monoisotopic (exact) mass is 457 g/mol. The van der Waals surface area contributed by atoms with Crippen molar-refractivity contribution in [2.75, 3.05) is 19.6 Å². The van der Waals surface area contributed by atoms with E-state index in [1.807, 2.05) is 27.7 Å². The van der Waals surface area contributed by atoms with Crippen LogP contribution in [0.3, 0.4) is 0 Å². The quantitative estimate of drug-likeness (QED) is 0.665. The van der Waals surface area contributed by atoms with E-state index >= 15 is 0 Å². The van der Waals surface area contributed by atoms with E-state index < -0.39 is 28.8 Å². The third kappa shape index (κ3) is 6.15. The number of halogens is 3. The molecule has 1 aromatic rings. The molecule has 9 heteroatoms. The molecule has 0 unspecified atom stereocenters. The normalized spacial score (nSPS) is 16.8. The Hall–Kier alpha value is -2.29. The number of nitrogens with zero attached hydrogens (tertiary/aromatic N) is 2. The predicted octanol–water partition coefficient (Wildman–Crippen LogP) is 4.81. The third-order valence-corrected chi connectivity index (χ3v) is 6.08. The van der Waals surface area contributed by atoms with Crippen LogP contribution >= 0.6 is 0 Å². The largest absolute Gasteiger partial charge is 0.444 e. The first-order valence-corrected chi connectivity index (χ1v) is 11.0. The molecule has 1 fully saturated rings. The summed E-state index contributed by atoms with van der Waals surface area (Å²) in [5.41, 5.74) is 3.51. The fraction of sp³-hybridized carbons (Fsp3) is 0.652. The van der Waals surface area contributed by atoms with E-state index in [2.05, 4.69) is 11.8 Å². The molecule has 32 heavy (non-hydrogen) atoms. The van der Waals surface area contributed by atoms with Gasteiger partial charge in [0.1, 0.15) is 5.60 Å². The maximum Gasteiger partial charge on any atom is 0.417 e.